The van der Waals surface area contributed by atoms with Gasteiger partial charge in [-0.25, -0.2) is 0 Å². The van der Waals surface area contributed by atoms with Crippen molar-refractivity contribution >= 4 is 57.8 Å². The number of hydrogen-bond acceptors (Lipinski definition) is 8. The average molecular weight is 348 g/mol. The Morgan fingerprint density at radius 2 is 1.14 bits per heavy atom. The first-order valence-electron chi connectivity index (χ1n) is 5.70. The van der Waals surface area contributed by atoms with Gasteiger partial charge in [0.05, 0.1) is 0 Å². The molecule has 12 heteroatoms. The predicted molar refractivity (Wildman–Crippen MR) is 72.2 cm³/mol. The largest absolute Gasteiger partial charge is 0.480 e. The van der Waals surface area contributed by atoms with Crippen LogP contribution in [0, 0.1) is 0 Å². The fourth-order valence-electron chi connectivity index (χ4n) is 1.87. The summed E-state index contributed by atoms with van der Waals surface area (Å²) in [4.78, 5) is 69.5. The molecule has 0 bridgehead atoms. The lowest BCUT2D eigenvalue weighted by Gasteiger charge is -2.14. The van der Waals surface area contributed by atoms with Crippen molar-refractivity contribution in [3.63, 3.8) is 0 Å². The third-order valence-corrected chi connectivity index (χ3v) is 5.25. The van der Waals surface area contributed by atoms with Gasteiger partial charge in [0.25, 0.3) is 10.5 Å². The molecule has 0 spiro atoms. The van der Waals surface area contributed by atoms with Crippen molar-refractivity contribution in [2.24, 2.45) is 0 Å². The average Bonchev–Trinajstić information content (AvgIpc) is 2.82. The first kappa shape index (κ1) is 16.3. The summed E-state index contributed by atoms with van der Waals surface area (Å²) in [6.45, 7) is -1.67. The Morgan fingerprint density at radius 3 is 1.41 bits per heavy atom. The minimum Gasteiger partial charge on any atom is -0.480 e. The SMILES string of the molecule is O=C(O)CN1C(=O)S[C@H]([C@H]2SC(=O)N(CC(=O)O)C2=O)C1=O. The highest BCUT2D eigenvalue weighted by Crippen LogP contribution is 2.39. The molecule has 118 valence electrons. The van der Waals surface area contributed by atoms with Gasteiger partial charge in [-0.1, -0.05) is 0 Å². The molecule has 2 atom stereocenters. The van der Waals surface area contributed by atoms with Gasteiger partial charge in [0.15, 0.2) is 0 Å². The summed E-state index contributed by atoms with van der Waals surface area (Å²) in [7, 11) is 0. The van der Waals surface area contributed by atoms with Gasteiger partial charge in [0, 0.05) is 0 Å². The molecule has 22 heavy (non-hydrogen) atoms. The van der Waals surface area contributed by atoms with E-state index in [0.717, 1.165) is 0 Å². The quantitative estimate of drug-likeness (QED) is 0.652. The maximum Gasteiger partial charge on any atom is 0.323 e. The van der Waals surface area contributed by atoms with Crippen LogP contribution < -0.4 is 0 Å². The van der Waals surface area contributed by atoms with Crippen LogP contribution in [0.1, 0.15) is 0 Å². The predicted octanol–water partition coefficient (Wildman–Crippen LogP) is -0.716. The minimum atomic E-state index is -1.39. The Bertz CT molecular complexity index is 554. The number of hydrogen-bond donors (Lipinski definition) is 2. The van der Waals surface area contributed by atoms with Crippen molar-refractivity contribution in [1.29, 1.82) is 0 Å². The highest BCUT2D eigenvalue weighted by Gasteiger charge is 2.53. The fraction of sp³-hybridized carbons (Fsp3) is 0.400. The van der Waals surface area contributed by atoms with E-state index in [4.69, 9.17) is 10.2 Å². The van der Waals surface area contributed by atoms with Gasteiger partial charge >= 0.3 is 11.9 Å². The molecule has 2 aliphatic rings. The Balaban J connectivity index is 2.16. The molecule has 10 nitrogen and oxygen atoms in total. The van der Waals surface area contributed by atoms with E-state index in [0.29, 0.717) is 33.3 Å². The number of amides is 4. The van der Waals surface area contributed by atoms with Gasteiger partial charge in [-0.3, -0.25) is 38.6 Å². The molecular weight excluding hydrogens is 340 g/mol. The van der Waals surface area contributed by atoms with Crippen LogP contribution >= 0.6 is 23.5 Å². The number of nitrogens with zero attached hydrogens (tertiary/aromatic N) is 2. The van der Waals surface area contributed by atoms with Gasteiger partial charge < -0.3 is 10.2 Å². The summed E-state index contributed by atoms with van der Waals surface area (Å²) in [5, 5.41) is 13.1. The van der Waals surface area contributed by atoms with E-state index in [1.807, 2.05) is 0 Å². The number of aliphatic carboxylic acids is 2. The van der Waals surface area contributed by atoms with E-state index in [1.165, 1.54) is 0 Å². The van der Waals surface area contributed by atoms with E-state index < -0.39 is 57.8 Å². The van der Waals surface area contributed by atoms with Crippen LogP contribution in [-0.2, 0) is 19.2 Å². The second-order valence-electron chi connectivity index (χ2n) is 4.24. The minimum absolute atomic E-state index is 0.454. The fourth-order valence-corrected chi connectivity index (χ4v) is 4.14. The Hall–Kier alpha value is -2.08. The van der Waals surface area contributed by atoms with Crippen LogP contribution in [0.5, 0.6) is 0 Å². The lowest BCUT2D eigenvalue weighted by atomic mass is 10.2. The normalized spacial score (nSPS) is 25.3. The second kappa shape index (κ2) is 5.96. The highest BCUT2D eigenvalue weighted by molar-refractivity contribution is 8.19. The van der Waals surface area contributed by atoms with Gasteiger partial charge in [-0.15, -0.1) is 0 Å². The standard InChI is InChI=1S/C10H8N2O8S2/c13-3(14)1-11-7(17)5(21-9(11)19)6-8(18)12(2-4(15)16)10(20)22-6/h5-6H,1-2H2,(H,13,14)(H,15,16)/t5-,6-/m1/s1. The molecule has 0 aromatic heterocycles. The van der Waals surface area contributed by atoms with Crippen LogP contribution in [0.4, 0.5) is 9.59 Å². The third-order valence-electron chi connectivity index (χ3n) is 2.78. The summed E-state index contributed by atoms with van der Waals surface area (Å²) >= 11 is 0.908. The smallest absolute Gasteiger partial charge is 0.323 e. The first-order chi connectivity index (χ1) is 10.2. The molecule has 2 saturated heterocycles. The highest BCUT2D eigenvalue weighted by atomic mass is 32.2. The molecule has 0 aromatic carbocycles. The molecule has 2 rings (SSSR count). The van der Waals surface area contributed by atoms with Crippen molar-refractivity contribution in [1.82, 2.24) is 9.80 Å². The van der Waals surface area contributed by atoms with Gasteiger partial charge in [-0.05, 0) is 23.5 Å². The Labute approximate surface area is 130 Å². The molecule has 2 aliphatic heterocycles. The molecule has 0 aliphatic carbocycles. The molecule has 2 heterocycles. The van der Waals surface area contributed by atoms with Gasteiger partial charge in [-0.2, -0.15) is 0 Å². The zero-order valence-electron chi connectivity index (χ0n) is 10.6. The molecule has 0 radical (unpaired) electrons. The third kappa shape index (κ3) is 2.92. The van der Waals surface area contributed by atoms with Crippen LogP contribution in [0.25, 0.3) is 0 Å². The maximum absolute atomic E-state index is 12.0. The number of carboxylic acid groups (broad SMARTS) is 2. The summed E-state index contributed by atoms with van der Waals surface area (Å²) in [5.74, 6) is -4.55. The molecular formula is C10H8N2O8S2. The summed E-state index contributed by atoms with van der Waals surface area (Å²) in [5.41, 5.74) is 0. The van der Waals surface area contributed by atoms with Crippen molar-refractivity contribution in [3.05, 3.63) is 0 Å². The second-order valence-corrected chi connectivity index (χ2v) is 6.43. The monoisotopic (exact) mass is 348 g/mol. The lowest BCUT2D eigenvalue weighted by molar-refractivity contribution is -0.143. The van der Waals surface area contributed by atoms with E-state index in [2.05, 4.69) is 0 Å². The Kier molecular flexibility index (Phi) is 4.42. The lowest BCUT2D eigenvalue weighted by Crippen LogP contribution is -2.42. The number of carbonyl (C=O) groups is 6. The van der Waals surface area contributed by atoms with Crippen molar-refractivity contribution < 1.29 is 39.0 Å². The summed E-state index contributed by atoms with van der Waals surface area (Å²) in [6.07, 6.45) is 0. The van der Waals surface area contributed by atoms with Gasteiger partial charge in [0.1, 0.15) is 23.6 Å². The summed E-state index contributed by atoms with van der Waals surface area (Å²) < 4.78 is 0. The zero-order chi connectivity index (χ0) is 16.6. The zero-order valence-corrected chi connectivity index (χ0v) is 12.3. The van der Waals surface area contributed by atoms with Gasteiger partial charge in [0.2, 0.25) is 11.8 Å². The van der Waals surface area contributed by atoms with E-state index in [1.54, 1.807) is 0 Å². The molecule has 4 amide bonds. The van der Waals surface area contributed by atoms with Crippen LogP contribution in [0.15, 0.2) is 0 Å². The number of carbonyl (C=O) groups excluding carboxylic acids is 4. The van der Waals surface area contributed by atoms with Crippen LogP contribution in [-0.4, -0.2) is 77.8 Å². The number of imide groups is 2. The Morgan fingerprint density at radius 1 is 0.818 bits per heavy atom. The topological polar surface area (TPSA) is 149 Å². The number of rotatable bonds is 5. The molecule has 0 saturated carbocycles. The van der Waals surface area contributed by atoms with Crippen molar-refractivity contribution in [3.8, 4) is 0 Å². The molecule has 0 aromatic rings. The van der Waals surface area contributed by atoms with Crippen LogP contribution in [0.3, 0.4) is 0 Å². The number of thioether (sulfide) groups is 2. The van der Waals surface area contributed by atoms with E-state index >= 15 is 0 Å². The van der Waals surface area contributed by atoms with E-state index in [9.17, 15) is 28.8 Å². The molecule has 2 fully saturated rings. The molecule has 2 N–H and O–H groups in total. The van der Waals surface area contributed by atoms with Crippen molar-refractivity contribution in [2.45, 2.75) is 10.5 Å². The maximum atomic E-state index is 12.0. The first-order valence-corrected chi connectivity index (χ1v) is 7.46. The van der Waals surface area contributed by atoms with Crippen LogP contribution in [0.2, 0.25) is 0 Å². The molecule has 0 unspecified atom stereocenters. The van der Waals surface area contributed by atoms with Crippen molar-refractivity contribution in [2.75, 3.05) is 13.1 Å². The summed E-state index contributed by atoms with van der Waals surface area (Å²) in [6, 6.07) is 0. The van der Waals surface area contributed by atoms with E-state index in [-0.39, 0.29) is 0 Å². The number of carboxylic acids is 2.